The van der Waals surface area contributed by atoms with E-state index < -0.39 is 68.3 Å². The molecule has 29 heavy (non-hydrogen) atoms. The number of fused-ring (bicyclic) bond motifs is 1. The fourth-order valence-corrected chi connectivity index (χ4v) is 3.89. The number of carbonyl (C=O) groups excluding carboxylic acids is 2. The number of nitrogens with zero attached hydrogens (tertiary/aromatic N) is 1. The fourth-order valence-electron chi connectivity index (χ4n) is 2.80. The summed E-state index contributed by atoms with van der Waals surface area (Å²) in [6, 6.07) is 4.27. The number of amides is 2. The van der Waals surface area contributed by atoms with Crippen LogP contribution in [0.4, 0.5) is 27.6 Å². The third-order valence-corrected chi connectivity index (χ3v) is 5.35. The maximum atomic E-state index is 14.2. The van der Waals surface area contributed by atoms with E-state index in [1.54, 1.807) is 17.6 Å². The van der Waals surface area contributed by atoms with Crippen molar-refractivity contribution >= 4 is 31.8 Å². The van der Waals surface area contributed by atoms with Gasteiger partial charge >= 0.3 is 172 Å². The van der Waals surface area contributed by atoms with E-state index in [4.69, 9.17) is 14.4 Å². The zero-order chi connectivity index (χ0) is 21.5. The van der Waals surface area contributed by atoms with Gasteiger partial charge in [0.15, 0.2) is 0 Å². The van der Waals surface area contributed by atoms with Crippen LogP contribution in [0.5, 0.6) is 5.75 Å². The Balaban J connectivity index is 2.25. The van der Waals surface area contributed by atoms with Crippen LogP contribution in [-0.4, -0.2) is 22.5 Å². The molecule has 1 aliphatic heterocycles. The molecule has 1 heterocycles. The van der Waals surface area contributed by atoms with Gasteiger partial charge in [-0.15, -0.1) is 0 Å². The van der Waals surface area contributed by atoms with Crippen molar-refractivity contribution in [1.29, 1.82) is 0 Å². The number of hydrogen-bond donors (Lipinski definition) is 0. The Kier molecular flexibility index (Phi) is 6.14. The molecule has 0 N–H and O–H groups in total. The zero-order valence-electron chi connectivity index (χ0n) is 14.4. The molecule has 0 fully saturated rings. The number of halogens is 6. The molecule has 1 atom stereocenters. The van der Waals surface area contributed by atoms with Crippen molar-refractivity contribution in [1.82, 2.24) is 0 Å². The minimum absolute atomic E-state index is 0.0473. The number of rotatable bonds is 3. The van der Waals surface area contributed by atoms with Crippen molar-refractivity contribution in [3.05, 3.63) is 58.4 Å². The van der Waals surface area contributed by atoms with Gasteiger partial charge in [0.2, 0.25) is 0 Å². The van der Waals surface area contributed by atoms with Crippen LogP contribution in [0.1, 0.15) is 29.3 Å². The second-order valence-electron chi connectivity index (χ2n) is 5.81. The molecule has 0 radical (unpaired) electrons. The molecule has 11 heteroatoms. The predicted octanol–water partition coefficient (Wildman–Crippen LogP) is 4.11. The molecule has 3 rings (SSSR count). The molecule has 2 aromatic rings. The monoisotopic (exact) mass is 520 g/mol. The summed E-state index contributed by atoms with van der Waals surface area (Å²) in [5.74, 6) is -14.3. The van der Waals surface area contributed by atoms with Crippen molar-refractivity contribution in [3.63, 3.8) is 0 Å². The first-order valence-electron chi connectivity index (χ1n) is 7.99. The average molecular weight is 520 g/mol. The molecule has 1 aliphatic rings. The Bertz CT molecular complexity index is 1030. The summed E-state index contributed by atoms with van der Waals surface area (Å²) in [4.78, 5) is 25.9. The van der Waals surface area contributed by atoms with Gasteiger partial charge in [-0.25, -0.2) is 0 Å². The van der Waals surface area contributed by atoms with Gasteiger partial charge in [0.05, 0.1) is 0 Å². The molecule has 1 unspecified atom stereocenters. The van der Waals surface area contributed by atoms with Crippen LogP contribution in [0.2, 0.25) is 0 Å². The van der Waals surface area contributed by atoms with Crippen LogP contribution in [0, 0.1) is 29.1 Å². The molecule has 4 nitrogen and oxygen atoms in total. The van der Waals surface area contributed by atoms with Crippen molar-refractivity contribution < 1.29 is 52.0 Å². The molecular formula is C18H10ClF5NO3Ru. The van der Waals surface area contributed by atoms with Gasteiger partial charge in [0.25, 0.3) is 0 Å². The Morgan fingerprint density at radius 3 is 2.28 bits per heavy atom. The Hall–Kier alpha value is -2.19. The molecule has 0 bridgehead atoms. The van der Waals surface area contributed by atoms with Gasteiger partial charge in [-0.2, -0.15) is 0 Å². The second kappa shape index (κ2) is 8.28. The summed E-state index contributed by atoms with van der Waals surface area (Å²) < 4.78 is 76.0. The molecular weight excluding hydrogens is 510 g/mol. The topological polar surface area (TPSA) is 46.6 Å². The van der Waals surface area contributed by atoms with E-state index in [0.717, 1.165) is 0 Å². The summed E-state index contributed by atoms with van der Waals surface area (Å²) in [7, 11) is 5.78. The SMILES string of the molecule is CCC1Oc2c([CH]=[Ru][Cl])cccc2N(C(=O)c2c(F)c(F)c(F)c(F)c2F)C1=O. The Morgan fingerprint density at radius 2 is 1.72 bits per heavy atom. The average Bonchev–Trinajstić information content (AvgIpc) is 2.70. The van der Waals surface area contributed by atoms with Gasteiger partial charge in [0, 0.05) is 0 Å². The summed E-state index contributed by atoms with van der Waals surface area (Å²) in [6.07, 6.45) is -1.12. The molecule has 155 valence electrons. The van der Waals surface area contributed by atoms with Crippen LogP contribution < -0.4 is 9.64 Å². The molecule has 0 saturated heterocycles. The van der Waals surface area contributed by atoms with Crippen molar-refractivity contribution in [2.24, 2.45) is 0 Å². The number of para-hydroxylation sites is 1. The van der Waals surface area contributed by atoms with Crippen LogP contribution in [0.25, 0.3) is 0 Å². The summed E-state index contributed by atoms with van der Waals surface area (Å²) in [5.41, 5.74) is -1.49. The van der Waals surface area contributed by atoms with E-state index in [0.29, 0.717) is 10.5 Å². The van der Waals surface area contributed by atoms with Crippen LogP contribution >= 0.6 is 9.69 Å². The number of hydrogen-bond acceptors (Lipinski definition) is 3. The zero-order valence-corrected chi connectivity index (χ0v) is 16.9. The number of imide groups is 1. The van der Waals surface area contributed by atoms with Crippen molar-refractivity contribution in [2.75, 3.05) is 4.90 Å². The first kappa shape index (κ1) is 21.5. The number of ether oxygens (including phenoxy) is 1. The minimum atomic E-state index is -2.40. The van der Waals surface area contributed by atoms with E-state index in [-0.39, 0.29) is 17.9 Å². The fraction of sp³-hybridized carbons (Fsp3) is 0.167. The standard InChI is InChI=1S/C18H10F5NO3.ClH.Ru/c1-3-9-17(25)24(8-6-4-5-7(2)16(8)27-9)18(26)10-11(19)13(21)15(23)14(22)12(10)20;;/h2,4-6,9H,3H2,1H3;1H;/q;;+1/p-1. The van der Waals surface area contributed by atoms with Crippen molar-refractivity contribution in [2.45, 2.75) is 19.4 Å². The first-order chi connectivity index (χ1) is 13.7. The third-order valence-electron chi connectivity index (χ3n) is 4.17. The third kappa shape index (κ3) is 3.48. The van der Waals surface area contributed by atoms with Crippen LogP contribution in [0.15, 0.2) is 18.2 Å². The molecule has 2 amide bonds. The maximum absolute atomic E-state index is 14.2. The van der Waals surface area contributed by atoms with E-state index in [9.17, 15) is 31.5 Å². The van der Waals surface area contributed by atoms with E-state index in [1.165, 1.54) is 12.1 Å². The van der Waals surface area contributed by atoms with Gasteiger partial charge < -0.3 is 0 Å². The summed E-state index contributed by atoms with van der Waals surface area (Å²) >= 11 is -0.726. The van der Waals surface area contributed by atoms with Gasteiger partial charge in [-0.3, -0.25) is 0 Å². The molecule has 0 aliphatic carbocycles. The van der Waals surface area contributed by atoms with E-state index in [2.05, 4.69) is 0 Å². The predicted molar refractivity (Wildman–Crippen MR) is 90.2 cm³/mol. The van der Waals surface area contributed by atoms with Gasteiger partial charge in [-0.05, 0) is 0 Å². The van der Waals surface area contributed by atoms with Crippen molar-refractivity contribution in [3.8, 4) is 5.75 Å². The van der Waals surface area contributed by atoms with Gasteiger partial charge in [0.1, 0.15) is 0 Å². The summed E-state index contributed by atoms with van der Waals surface area (Å²) in [5, 5.41) is 0. The number of carbonyl (C=O) groups is 2. The first-order valence-corrected chi connectivity index (χ1v) is 11.2. The molecule has 0 spiro atoms. The quantitative estimate of drug-likeness (QED) is 0.202. The normalized spacial score (nSPS) is 16.4. The van der Waals surface area contributed by atoms with E-state index >= 15 is 0 Å². The Morgan fingerprint density at radius 1 is 1.14 bits per heavy atom. The second-order valence-corrected chi connectivity index (χ2v) is 7.61. The number of anilines is 1. The molecule has 0 aromatic heterocycles. The van der Waals surface area contributed by atoms with E-state index in [1.807, 2.05) is 0 Å². The molecule has 2 aromatic carbocycles. The van der Waals surface area contributed by atoms with Crippen LogP contribution in [0.3, 0.4) is 0 Å². The number of benzene rings is 2. The van der Waals surface area contributed by atoms with Crippen LogP contribution in [-0.2, 0) is 20.5 Å². The summed E-state index contributed by atoms with van der Waals surface area (Å²) in [6.45, 7) is 1.56. The Labute approximate surface area is 172 Å². The van der Waals surface area contributed by atoms with Gasteiger partial charge in [-0.1, -0.05) is 0 Å². The molecule has 0 saturated carbocycles.